The predicted octanol–water partition coefficient (Wildman–Crippen LogP) is 2.82. The van der Waals surface area contributed by atoms with Crippen LogP contribution >= 0.6 is 0 Å². The number of amides is 1. The van der Waals surface area contributed by atoms with E-state index >= 15 is 0 Å². The van der Waals surface area contributed by atoms with Gasteiger partial charge in [-0.15, -0.1) is 0 Å². The molecule has 1 aromatic carbocycles. The molecule has 5 heteroatoms. The highest BCUT2D eigenvalue weighted by Gasteiger charge is 2.39. The Balaban J connectivity index is 1.63. The number of hydrogen-bond acceptors (Lipinski definition) is 2. The lowest BCUT2D eigenvalue weighted by atomic mass is 9.99. The third-order valence-corrected chi connectivity index (χ3v) is 4.13. The molecule has 108 valence electrons. The summed E-state index contributed by atoms with van der Waals surface area (Å²) in [5.74, 6) is -2.49. The van der Waals surface area contributed by atoms with Gasteiger partial charge < -0.3 is 10.6 Å². The van der Waals surface area contributed by atoms with Crippen molar-refractivity contribution >= 4 is 11.6 Å². The first kappa shape index (κ1) is 13.3. The van der Waals surface area contributed by atoms with Crippen molar-refractivity contribution in [3.8, 4) is 0 Å². The highest BCUT2D eigenvalue weighted by atomic mass is 19.3. The Morgan fingerprint density at radius 2 is 2.25 bits per heavy atom. The van der Waals surface area contributed by atoms with Crippen molar-refractivity contribution in [3.05, 3.63) is 29.3 Å². The minimum absolute atomic E-state index is 0.00368. The van der Waals surface area contributed by atoms with Crippen LogP contribution in [0.15, 0.2) is 18.2 Å². The molecule has 2 N–H and O–H groups in total. The van der Waals surface area contributed by atoms with Crippen molar-refractivity contribution in [2.45, 2.75) is 31.6 Å². The Labute approximate surface area is 116 Å². The molecule has 1 heterocycles. The third kappa shape index (κ3) is 2.76. The molecule has 1 aromatic rings. The Morgan fingerprint density at radius 1 is 1.40 bits per heavy atom. The first-order chi connectivity index (χ1) is 9.53. The summed E-state index contributed by atoms with van der Waals surface area (Å²) < 4.78 is 26.2. The van der Waals surface area contributed by atoms with E-state index in [-0.39, 0.29) is 24.7 Å². The zero-order valence-corrected chi connectivity index (χ0v) is 11.2. The number of halogens is 2. The zero-order chi connectivity index (χ0) is 14.2. The van der Waals surface area contributed by atoms with Gasteiger partial charge in [-0.05, 0) is 42.5 Å². The molecule has 3 rings (SSSR count). The second kappa shape index (κ2) is 5.04. The topological polar surface area (TPSA) is 41.1 Å². The van der Waals surface area contributed by atoms with Crippen LogP contribution in [0.5, 0.6) is 0 Å². The number of alkyl halides is 2. The highest BCUT2D eigenvalue weighted by Crippen LogP contribution is 2.38. The van der Waals surface area contributed by atoms with Gasteiger partial charge in [-0.25, -0.2) is 8.78 Å². The lowest BCUT2D eigenvalue weighted by Crippen LogP contribution is -2.31. The number of benzene rings is 1. The van der Waals surface area contributed by atoms with Crippen LogP contribution in [0.25, 0.3) is 0 Å². The smallest absolute Gasteiger partial charge is 0.251 e. The van der Waals surface area contributed by atoms with E-state index < -0.39 is 5.92 Å². The summed E-state index contributed by atoms with van der Waals surface area (Å²) in [5, 5.41) is 6.03. The van der Waals surface area contributed by atoms with Crippen LogP contribution in [0, 0.1) is 5.92 Å². The number of anilines is 1. The molecule has 1 unspecified atom stereocenters. The van der Waals surface area contributed by atoms with E-state index in [9.17, 15) is 13.6 Å². The molecule has 1 atom stereocenters. The zero-order valence-electron chi connectivity index (χ0n) is 11.2. The van der Waals surface area contributed by atoms with E-state index in [4.69, 9.17) is 0 Å². The fourth-order valence-electron chi connectivity index (χ4n) is 3.02. The van der Waals surface area contributed by atoms with Gasteiger partial charge in [0.1, 0.15) is 0 Å². The summed E-state index contributed by atoms with van der Waals surface area (Å²) in [6, 6.07) is 5.60. The van der Waals surface area contributed by atoms with Crippen LogP contribution in [0.1, 0.15) is 35.2 Å². The van der Waals surface area contributed by atoms with Gasteiger partial charge in [0.25, 0.3) is 5.91 Å². The standard InChI is InChI=1S/C15H18F2N2O/c16-15(17)5-3-10(8-15)9-19-12-1-2-13-11(7-12)4-6-18-14(13)20/h1-2,7,10,19H,3-6,8-9H2,(H,18,20). The summed E-state index contributed by atoms with van der Waals surface area (Å²) in [7, 11) is 0. The summed E-state index contributed by atoms with van der Waals surface area (Å²) in [4.78, 5) is 11.6. The average Bonchev–Trinajstić information content (AvgIpc) is 2.76. The maximum Gasteiger partial charge on any atom is 0.251 e. The SMILES string of the molecule is O=C1NCCc2cc(NCC3CCC(F)(F)C3)ccc21. The second-order valence-electron chi connectivity index (χ2n) is 5.72. The monoisotopic (exact) mass is 280 g/mol. The van der Waals surface area contributed by atoms with Gasteiger partial charge in [0.2, 0.25) is 5.92 Å². The van der Waals surface area contributed by atoms with Crippen molar-refractivity contribution in [2.75, 3.05) is 18.4 Å². The van der Waals surface area contributed by atoms with Gasteiger partial charge in [-0.2, -0.15) is 0 Å². The first-order valence-electron chi connectivity index (χ1n) is 7.06. The molecule has 2 aliphatic rings. The van der Waals surface area contributed by atoms with Crippen molar-refractivity contribution in [1.82, 2.24) is 5.32 Å². The van der Waals surface area contributed by atoms with Gasteiger partial charge >= 0.3 is 0 Å². The largest absolute Gasteiger partial charge is 0.385 e. The summed E-state index contributed by atoms with van der Waals surface area (Å²) in [6.45, 7) is 1.23. The van der Waals surface area contributed by atoms with Crippen molar-refractivity contribution < 1.29 is 13.6 Å². The molecular formula is C15H18F2N2O. The lowest BCUT2D eigenvalue weighted by molar-refractivity contribution is 0.00555. The van der Waals surface area contributed by atoms with Gasteiger partial charge in [0.15, 0.2) is 0 Å². The summed E-state index contributed by atoms with van der Waals surface area (Å²) >= 11 is 0. The number of fused-ring (bicyclic) bond motifs is 1. The molecule has 0 aromatic heterocycles. The van der Waals surface area contributed by atoms with Crippen LogP contribution < -0.4 is 10.6 Å². The van der Waals surface area contributed by atoms with Crippen molar-refractivity contribution in [3.63, 3.8) is 0 Å². The molecule has 0 bridgehead atoms. The van der Waals surface area contributed by atoms with E-state index in [0.29, 0.717) is 25.1 Å². The molecule has 0 radical (unpaired) electrons. The van der Waals surface area contributed by atoms with Crippen molar-refractivity contribution in [1.29, 1.82) is 0 Å². The molecule has 0 spiro atoms. The van der Waals surface area contributed by atoms with Gasteiger partial charge in [-0.3, -0.25) is 4.79 Å². The minimum atomic E-state index is -2.49. The second-order valence-corrected chi connectivity index (χ2v) is 5.72. The van der Waals surface area contributed by atoms with Crippen LogP contribution in [-0.2, 0) is 6.42 Å². The van der Waals surface area contributed by atoms with Gasteiger partial charge in [0.05, 0.1) is 0 Å². The summed E-state index contributed by atoms with van der Waals surface area (Å²) in [5.41, 5.74) is 2.65. The van der Waals surface area contributed by atoms with Crippen LogP contribution in [-0.4, -0.2) is 24.9 Å². The molecule has 1 saturated carbocycles. The van der Waals surface area contributed by atoms with Gasteiger partial charge in [-0.1, -0.05) is 0 Å². The molecule has 0 saturated heterocycles. The fourth-order valence-corrected chi connectivity index (χ4v) is 3.02. The normalized spacial score (nSPS) is 24.1. The summed E-state index contributed by atoms with van der Waals surface area (Å²) in [6.07, 6.45) is 1.38. The van der Waals surface area contributed by atoms with Gasteiger partial charge in [0, 0.05) is 37.2 Å². The maximum absolute atomic E-state index is 13.1. The number of nitrogens with one attached hydrogen (secondary N) is 2. The predicted molar refractivity (Wildman–Crippen MR) is 73.3 cm³/mol. The van der Waals surface area contributed by atoms with E-state index in [2.05, 4.69) is 10.6 Å². The molecule has 20 heavy (non-hydrogen) atoms. The van der Waals surface area contributed by atoms with Crippen LogP contribution in [0.4, 0.5) is 14.5 Å². The number of carbonyl (C=O) groups is 1. The third-order valence-electron chi connectivity index (χ3n) is 4.13. The van der Waals surface area contributed by atoms with E-state index in [0.717, 1.165) is 17.7 Å². The highest BCUT2D eigenvalue weighted by molar-refractivity contribution is 5.97. The quantitative estimate of drug-likeness (QED) is 0.894. The lowest BCUT2D eigenvalue weighted by Gasteiger charge is -2.18. The molecule has 3 nitrogen and oxygen atoms in total. The molecular weight excluding hydrogens is 262 g/mol. The number of rotatable bonds is 3. The van der Waals surface area contributed by atoms with E-state index in [1.165, 1.54) is 0 Å². The molecule has 1 aliphatic carbocycles. The van der Waals surface area contributed by atoms with E-state index in [1.807, 2.05) is 12.1 Å². The Morgan fingerprint density at radius 3 is 3.00 bits per heavy atom. The number of carbonyl (C=O) groups excluding carboxylic acids is 1. The number of hydrogen-bond donors (Lipinski definition) is 2. The van der Waals surface area contributed by atoms with Crippen molar-refractivity contribution in [2.24, 2.45) is 5.92 Å². The van der Waals surface area contributed by atoms with Crippen LogP contribution in [0.2, 0.25) is 0 Å². The molecule has 1 aliphatic heterocycles. The Kier molecular flexibility index (Phi) is 3.36. The fraction of sp³-hybridized carbons (Fsp3) is 0.533. The average molecular weight is 280 g/mol. The molecule has 1 amide bonds. The Hall–Kier alpha value is -1.65. The maximum atomic E-state index is 13.1. The first-order valence-corrected chi connectivity index (χ1v) is 7.06. The van der Waals surface area contributed by atoms with E-state index in [1.54, 1.807) is 6.07 Å². The minimum Gasteiger partial charge on any atom is -0.385 e. The molecule has 1 fully saturated rings. The van der Waals surface area contributed by atoms with Crippen LogP contribution in [0.3, 0.4) is 0 Å². The Bertz CT molecular complexity index is 531.